The first-order chi connectivity index (χ1) is 16.5. The van der Waals surface area contributed by atoms with Crippen LogP contribution >= 0.6 is 0 Å². The zero-order valence-electron chi connectivity index (χ0n) is 19.0. The van der Waals surface area contributed by atoms with E-state index >= 15 is 0 Å². The number of amides is 3. The molecule has 3 rings (SSSR count). The van der Waals surface area contributed by atoms with Crippen LogP contribution in [0.3, 0.4) is 0 Å². The van der Waals surface area contributed by atoms with Crippen LogP contribution in [0, 0.1) is 0 Å². The summed E-state index contributed by atoms with van der Waals surface area (Å²) in [5.74, 6) is -0.673. The van der Waals surface area contributed by atoms with Gasteiger partial charge in [-0.1, -0.05) is 30.3 Å². The third-order valence-electron chi connectivity index (χ3n) is 4.83. The number of carbonyl (C=O) groups is 3. The molecule has 0 aromatic heterocycles. The molecule has 0 fully saturated rings. The van der Waals surface area contributed by atoms with Crippen LogP contribution in [0.1, 0.15) is 27.1 Å². The minimum Gasteiger partial charge on any atom is -0.385 e. The highest BCUT2D eigenvalue weighted by atomic mass is 16.5. The highest BCUT2D eigenvalue weighted by molar-refractivity contribution is 6.04. The van der Waals surface area contributed by atoms with Gasteiger partial charge in [0.05, 0.1) is 6.54 Å². The molecule has 3 aromatic rings. The lowest BCUT2D eigenvalue weighted by Gasteiger charge is -2.11. The number of hydrogen-bond donors (Lipinski definition) is 4. The lowest BCUT2D eigenvalue weighted by atomic mass is 10.2. The maximum atomic E-state index is 12.4. The lowest BCUT2D eigenvalue weighted by molar-refractivity contribution is -0.114. The topological polar surface area (TPSA) is 109 Å². The van der Waals surface area contributed by atoms with Gasteiger partial charge in [0.15, 0.2) is 0 Å². The molecule has 0 atom stereocenters. The molecule has 8 heteroatoms. The van der Waals surface area contributed by atoms with Crippen LogP contribution in [0.15, 0.2) is 78.9 Å². The van der Waals surface area contributed by atoms with Gasteiger partial charge in [0, 0.05) is 48.5 Å². The highest BCUT2D eigenvalue weighted by Gasteiger charge is 2.09. The average Bonchev–Trinajstić information content (AvgIpc) is 2.86. The van der Waals surface area contributed by atoms with Crippen LogP contribution in [-0.2, 0) is 9.53 Å². The number of methoxy groups -OCH3 is 1. The van der Waals surface area contributed by atoms with Gasteiger partial charge in [-0.25, -0.2) is 0 Å². The maximum absolute atomic E-state index is 12.4. The van der Waals surface area contributed by atoms with Gasteiger partial charge in [-0.3, -0.25) is 14.4 Å². The Balaban J connectivity index is 1.50. The van der Waals surface area contributed by atoms with Crippen molar-refractivity contribution >= 4 is 34.8 Å². The summed E-state index contributed by atoms with van der Waals surface area (Å²) < 4.78 is 4.97. The Morgan fingerprint density at radius 3 is 2.18 bits per heavy atom. The van der Waals surface area contributed by atoms with Crippen molar-refractivity contribution in [1.29, 1.82) is 0 Å². The quantitative estimate of drug-likeness (QED) is 0.326. The van der Waals surface area contributed by atoms with Crippen LogP contribution in [0.25, 0.3) is 0 Å². The number of rotatable bonds is 11. The summed E-state index contributed by atoms with van der Waals surface area (Å²) in [4.78, 5) is 37.0. The second kappa shape index (κ2) is 12.8. The third-order valence-corrected chi connectivity index (χ3v) is 4.83. The van der Waals surface area contributed by atoms with Crippen molar-refractivity contribution < 1.29 is 19.1 Å². The SMILES string of the molecule is COCCCNC(=O)c1cccc(NCC(=O)Nc2cccc(NC(=O)c3ccccc3)c2)c1. The molecule has 0 saturated carbocycles. The minimum atomic E-state index is -0.263. The number of anilines is 3. The first-order valence-electron chi connectivity index (χ1n) is 10.9. The zero-order valence-corrected chi connectivity index (χ0v) is 19.0. The van der Waals surface area contributed by atoms with E-state index in [0.717, 1.165) is 6.42 Å². The molecule has 34 heavy (non-hydrogen) atoms. The van der Waals surface area contributed by atoms with Crippen LogP contribution in [0.2, 0.25) is 0 Å². The van der Waals surface area contributed by atoms with Crippen molar-refractivity contribution in [3.63, 3.8) is 0 Å². The molecule has 3 amide bonds. The van der Waals surface area contributed by atoms with Gasteiger partial charge < -0.3 is 26.0 Å². The summed E-state index contributed by atoms with van der Waals surface area (Å²) in [5.41, 5.74) is 2.84. The molecular weight excluding hydrogens is 432 g/mol. The number of benzene rings is 3. The molecule has 0 aliphatic rings. The fraction of sp³-hybridized carbons (Fsp3) is 0.192. The summed E-state index contributed by atoms with van der Waals surface area (Å²) in [6.45, 7) is 1.12. The first-order valence-corrected chi connectivity index (χ1v) is 10.9. The van der Waals surface area contributed by atoms with Gasteiger partial charge >= 0.3 is 0 Å². The van der Waals surface area contributed by atoms with Gasteiger partial charge in [-0.2, -0.15) is 0 Å². The molecule has 0 heterocycles. The Kier molecular flexibility index (Phi) is 9.19. The van der Waals surface area contributed by atoms with E-state index in [1.807, 2.05) is 6.07 Å². The smallest absolute Gasteiger partial charge is 0.255 e. The fourth-order valence-electron chi connectivity index (χ4n) is 3.15. The van der Waals surface area contributed by atoms with Crippen molar-refractivity contribution in [3.8, 4) is 0 Å². The molecule has 4 N–H and O–H groups in total. The molecule has 8 nitrogen and oxygen atoms in total. The second-order valence-electron chi connectivity index (χ2n) is 7.49. The number of ether oxygens (including phenoxy) is 1. The van der Waals surface area contributed by atoms with E-state index in [9.17, 15) is 14.4 Å². The van der Waals surface area contributed by atoms with Gasteiger partial charge in [0.2, 0.25) is 5.91 Å². The molecule has 0 aliphatic carbocycles. The van der Waals surface area contributed by atoms with Crippen LogP contribution in [0.5, 0.6) is 0 Å². The average molecular weight is 461 g/mol. The van der Waals surface area contributed by atoms with E-state index in [4.69, 9.17) is 4.74 Å². The van der Waals surface area contributed by atoms with Crippen molar-refractivity contribution in [2.75, 3.05) is 42.8 Å². The molecule has 176 valence electrons. The summed E-state index contributed by atoms with van der Waals surface area (Å²) in [7, 11) is 1.62. The van der Waals surface area contributed by atoms with Crippen molar-refractivity contribution in [2.45, 2.75) is 6.42 Å². The number of carbonyl (C=O) groups excluding carboxylic acids is 3. The highest BCUT2D eigenvalue weighted by Crippen LogP contribution is 2.16. The van der Waals surface area contributed by atoms with E-state index in [1.165, 1.54) is 0 Å². The van der Waals surface area contributed by atoms with Gasteiger partial charge in [-0.15, -0.1) is 0 Å². The van der Waals surface area contributed by atoms with E-state index in [1.54, 1.807) is 79.9 Å². The van der Waals surface area contributed by atoms with Crippen LogP contribution in [0.4, 0.5) is 17.1 Å². The zero-order chi connectivity index (χ0) is 24.2. The number of hydrogen-bond acceptors (Lipinski definition) is 5. The Bertz CT molecular complexity index is 1120. The molecule has 0 radical (unpaired) electrons. The van der Waals surface area contributed by atoms with Crippen molar-refractivity contribution in [2.24, 2.45) is 0 Å². The fourth-order valence-corrected chi connectivity index (χ4v) is 3.15. The van der Waals surface area contributed by atoms with Crippen molar-refractivity contribution in [1.82, 2.24) is 5.32 Å². The summed E-state index contributed by atoms with van der Waals surface area (Å²) >= 11 is 0. The van der Waals surface area contributed by atoms with E-state index in [2.05, 4.69) is 21.3 Å². The monoisotopic (exact) mass is 460 g/mol. The Morgan fingerprint density at radius 1 is 0.735 bits per heavy atom. The minimum absolute atomic E-state index is 0.0134. The summed E-state index contributed by atoms with van der Waals surface area (Å²) in [6.07, 6.45) is 0.734. The molecule has 0 bridgehead atoms. The molecule has 0 saturated heterocycles. The predicted molar refractivity (Wildman–Crippen MR) is 133 cm³/mol. The predicted octanol–water partition coefficient (Wildman–Crippen LogP) is 3.76. The Hall–Kier alpha value is -4.17. The van der Waals surface area contributed by atoms with Crippen LogP contribution < -0.4 is 21.3 Å². The van der Waals surface area contributed by atoms with E-state index < -0.39 is 0 Å². The largest absolute Gasteiger partial charge is 0.385 e. The molecule has 0 unspecified atom stereocenters. The number of nitrogens with one attached hydrogen (secondary N) is 4. The molecule has 0 spiro atoms. The van der Waals surface area contributed by atoms with E-state index in [0.29, 0.717) is 41.3 Å². The first kappa shape index (κ1) is 24.5. The molecular formula is C26H28N4O4. The lowest BCUT2D eigenvalue weighted by Crippen LogP contribution is -2.25. The Morgan fingerprint density at radius 2 is 1.41 bits per heavy atom. The van der Waals surface area contributed by atoms with Gasteiger partial charge in [0.1, 0.15) is 0 Å². The normalized spacial score (nSPS) is 10.3. The maximum Gasteiger partial charge on any atom is 0.255 e. The standard InChI is InChI=1S/C26H28N4O4/c1-34-15-7-14-27-25(32)20-10-5-11-21(16-20)28-18-24(31)29-22-12-6-13-23(17-22)30-26(33)19-8-3-2-4-9-19/h2-6,8-13,16-17,28H,7,14-15,18H2,1H3,(H,27,32)(H,29,31)(H,30,33). The second-order valence-corrected chi connectivity index (χ2v) is 7.49. The van der Waals surface area contributed by atoms with Crippen LogP contribution in [-0.4, -0.2) is 44.5 Å². The summed E-state index contributed by atoms with van der Waals surface area (Å²) in [6, 6.07) is 22.8. The van der Waals surface area contributed by atoms with E-state index in [-0.39, 0.29) is 24.3 Å². The molecule has 0 aliphatic heterocycles. The third kappa shape index (κ3) is 7.75. The summed E-state index contributed by atoms with van der Waals surface area (Å²) in [5, 5.41) is 11.5. The van der Waals surface area contributed by atoms with Crippen molar-refractivity contribution in [3.05, 3.63) is 90.0 Å². The molecule has 3 aromatic carbocycles. The Labute approximate surface area is 198 Å². The van der Waals surface area contributed by atoms with Gasteiger partial charge in [-0.05, 0) is 55.0 Å². The van der Waals surface area contributed by atoms with Gasteiger partial charge in [0.25, 0.3) is 11.8 Å².